The van der Waals surface area contributed by atoms with E-state index in [0.29, 0.717) is 6.42 Å². The van der Waals surface area contributed by atoms with Crippen molar-refractivity contribution in [1.82, 2.24) is 4.90 Å². The Balaban J connectivity index is 1.69. The van der Waals surface area contributed by atoms with Gasteiger partial charge in [-0.1, -0.05) is 48.5 Å². The second-order valence-electron chi connectivity index (χ2n) is 5.44. The minimum atomic E-state index is -0.639. The van der Waals surface area contributed by atoms with E-state index in [0.717, 1.165) is 16.0 Å². The second-order valence-corrected chi connectivity index (χ2v) is 5.44. The lowest BCUT2D eigenvalue weighted by atomic mass is 10.1. The van der Waals surface area contributed by atoms with E-state index >= 15 is 0 Å². The quantitative estimate of drug-likeness (QED) is 0.806. The highest BCUT2D eigenvalue weighted by Crippen LogP contribution is 2.27. The fourth-order valence-electron chi connectivity index (χ4n) is 2.58. The van der Waals surface area contributed by atoms with Crippen molar-refractivity contribution in [3.8, 4) is 0 Å². The third kappa shape index (κ3) is 3.51. The molecule has 2 aromatic carbocycles. The van der Waals surface area contributed by atoms with Crippen LogP contribution in [-0.4, -0.2) is 23.5 Å². The molecule has 5 heteroatoms. The van der Waals surface area contributed by atoms with Crippen LogP contribution in [0.1, 0.15) is 17.2 Å². The topological polar surface area (TPSA) is 46.6 Å². The standard InChI is InChI=1S/C19H16FNO3/c20-16-11-9-14(10-12-16)5-4-8-18(22)21-17(13-24-19(21)23)15-6-2-1-3-7-15/h1-4,6-12,17H,5,13H2/b8-4+. The maximum atomic E-state index is 12.9. The van der Waals surface area contributed by atoms with Crippen molar-refractivity contribution in [2.24, 2.45) is 0 Å². The number of amides is 2. The number of allylic oxidation sites excluding steroid dienone is 1. The summed E-state index contributed by atoms with van der Waals surface area (Å²) in [5, 5.41) is 0. The third-order valence-electron chi connectivity index (χ3n) is 3.82. The zero-order chi connectivity index (χ0) is 16.9. The molecule has 3 rings (SSSR count). The number of carbonyl (C=O) groups is 2. The summed E-state index contributed by atoms with van der Waals surface area (Å²) in [6.07, 6.45) is 2.85. The molecule has 0 bridgehead atoms. The molecule has 2 amide bonds. The van der Waals surface area contributed by atoms with Gasteiger partial charge >= 0.3 is 6.09 Å². The van der Waals surface area contributed by atoms with Crippen LogP contribution in [-0.2, 0) is 16.0 Å². The van der Waals surface area contributed by atoms with Crippen molar-refractivity contribution in [2.75, 3.05) is 6.61 Å². The van der Waals surface area contributed by atoms with Gasteiger partial charge in [0.2, 0.25) is 0 Å². The smallest absolute Gasteiger partial charge is 0.417 e. The van der Waals surface area contributed by atoms with Crippen molar-refractivity contribution < 1.29 is 18.7 Å². The number of imide groups is 1. The first-order chi connectivity index (χ1) is 11.6. The highest BCUT2D eigenvalue weighted by Gasteiger charge is 2.37. The first kappa shape index (κ1) is 15.9. The zero-order valence-corrected chi connectivity index (χ0v) is 12.9. The molecule has 0 aromatic heterocycles. The minimum absolute atomic E-state index is 0.153. The normalized spacial score (nSPS) is 17.3. The lowest BCUT2D eigenvalue weighted by Gasteiger charge is -2.18. The number of hydrogen-bond acceptors (Lipinski definition) is 3. The van der Waals surface area contributed by atoms with Crippen LogP contribution >= 0.6 is 0 Å². The van der Waals surface area contributed by atoms with Gasteiger partial charge in [-0.15, -0.1) is 0 Å². The van der Waals surface area contributed by atoms with E-state index < -0.39 is 18.0 Å². The van der Waals surface area contributed by atoms with Gasteiger partial charge < -0.3 is 4.74 Å². The summed E-state index contributed by atoms with van der Waals surface area (Å²) in [4.78, 5) is 25.4. The van der Waals surface area contributed by atoms with E-state index in [1.165, 1.54) is 18.2 Å². The Morgan fingerprint density at radius 3 is 2.58 bits per heavy atom. The Bertz CT molecular complexity index is 756. The molecule has 1 fully saturated rings. The van der Waals surface area contributed by atoms with Crippen molar-refractivity contribution in [2.45, 2.75) is 12.5 Å². The Morgan fingerprint density at radius 2 is 1.88 bits per heavy atom. The Morgan fingerprint density at radius 1 is 1.17 bits per heavy atom. The predicted octanol–water partition coefficient (Wildman–Crippen LogP) is 3.64. The molecule has 4 nitrogen and oxygen atoms in total. The van der Waals surface area contributed by atoms with E-state index in [1.54, 1.807) is 18.2 Å². The molecule has 122 valence electrons. The summed E-state index contributed by atoms with van der Waals surface area (Å²) in [7, 11) is 0. The number of halogens is 1. The van der Waals surface area contributed by atoms with Gasteiger partial charge in [0.05, 0.1) is 0 Å². The molecule has 1 atom stereocenters. The van der Waals surface area contributed by atoms with Crippen LogP contribution in [0.3, 0.4) is 0 Å². The van der Waals surface area contributed by atoms with Crippen molar-refractivity contribution >= 4 is 12.0 Å². The second kappa shape index (κ2) is 7.08. The van der Waals surface area contributed by atoms with Crippen LogP contribution in [0.5, 0.6) is 0 Å². The SMILES string of the molecule is O=C(/C=C/Cc1ccc(F)cc1)N1C(=O)OCC1c1ccccc1. The van der Waals surface area contributed by atoms with E-state index in [-0.39, 0.29) is 12.4 Å². The van der Waals surface area contributed by atoms with E-state index in [1.807, 2.05) is 30.3 Å². The van der Waals surface area contributed by atoms with Crippen molar-refractivity contribution in [1.29, 1.82) is 0 Å². The van der Waals surface area contributed by atoms with Crippen molar-refractivity contribution in [3.05, 3.63) is 83.7 Å². The molecule has 1 aliphatic heterocycles. The molecule has 1 heterocycles. The van der Waals surface area contributed by atoms with Crippen LogP contribution in [0.15, 0.2) is 66.7 Å². The number of benzene rings is 2. The highest BCUT2D eigenvalue weighted by atomic mass is 19.1. The number of hydrogen-bond donors (Lipinski definition) is 0. The molecule has 1 saturated heterocycles. The fraction of sp³-hybridized carbons (Fsp3) is 0.158. The number of rotatable bonds is 4. The van der Waals surface area contributed by atoms with Crippen LogP contribution in [0.2, 0.25) is 0 Å². The number of ether oxygens (including phenoxy) is 1. The molecule has 0 spiro atoms. The van der Waals surface area contributed by atoms with Gasteiger partial charge in [-0.05, 0) is 29.7 Å². The summed E-state index contributed by atoms with van der Waals surface area (Å²) in [5.74, 6) is -0.724. The molecular formula is C19H16FNO3. The number of cyclic esters (lactones) is 1. The monoisotopic (exact) mass is 325 g/mol. The molecule has 1 unspecified atom stereocenters. The molecule has 2 aromatic rings. The van der Waals surface area contributed by atoms with Gasteiger partial charge in [-0.3, -0.25) is 4.79 Å². The minimum Gasteiger partial charge on any atom is -0.446 e. The van der Waals surface area contributed by atoms with Gasteiger partial charge in [-0.2, -0.15) is 0 Å². The molecular weight excluding hydrogens is 309 g/mol. The lowest BCUT2D eigenvalue weighted by molar-refractivity contribution is -0.124. The average Bonchev–Trinajstić information content (AvgIpc) is 2.99. The van der Waals surface area contributed by atoms with Gasteiger partial charge in [0.1, 0.15) is 18.5 Å². The van der Waals surface area contributed by atoms with Gasteiger partial charge in [0.15, 0.2) is 0 Å². The average molecular weight is 325 g/mol. The number of nitrogens with zero attached hydrogens (tertiary/aromatic N) is 1. The summed E-state index contributed by atoms with van der Waals surface area (Å²) < 4.78 is 17.9. The van der Waals surface area contributed by atoms with Crippen LogP contribution < -0.4 is 0 Å². The molecule has 0 N–H and O–H groups in total. The van der Waals surface area contributed by atoms with Crippen LogP contribution in [0, 0.1) is 5.82 Å². The largest absolute Gasteiger partial charge is 0.446 e. The third-order valence-corrected chi connectivity index (χ3v) is 3.82. The Kier molecular flexibility index (Phi) is 4.70. The molecule has 0 saturated carbocycles. The molecule has 1 aliphatic rings. The van der Waals surface area contributed by atoms with Gasteiger partial charge in [0.25, 0.3) is 5.91 Å². The molecule has 24 heavy (non-hydrogen) atoms. The summed E-state index contributed by atoms with van der Waals surface area (Å²) in [6, 6.07) is 14.9. The first-order valence-electron chi connectivity index (χ1n) is 7.61. The maximum Gasteiger partial charge on any atom is 0.417 e. The summed E-state index contributed by atoms with van der Waals surface area (Å²) >= 11 is 0. The van der Waals surface area contributed by atoms with Gasteiger partial charge in [-0.25, -0.2) is 14.1 Å². The summed E-state index contributed by atoms with van der Waals surface area (Å²) in [6.45, 7) is 0.153. The summed E-state index contributed by atoms with van der Waals surface area (Å²) in [5.41, 5.74) is 1.73. The Labute approximate surface area is 139 Å². The van der Waals surface area contributed by atoms with Crippen LogP contribution in [0.25, 0.3) is 0 Å². The lowest BCUT2D eigenvalue weighted by Crippen LogP contribution is -2.32. The van der Waals surface area contributed by atoms with E-state index in [4.69, 9.17) is 4.74 Å². The molecule has 0 radical (unpaired) electrons. The Hall–Kier alpha value is -2.95. The van der Waals surface area contributed by atoms with E-state index in [2.05, 4.69) is 0 Å². The molecule has 0 aliphatic carbocycles. The zero-order valence-electron chi connectivity index (χ0n) is 12.9. The highest BCUT2D eigenvalue weighted by molar-refractivity contribution is 5.99. The number of carbonyl (C=O) groups excluding carboxylic acids is 2. The van der Waals surface area contributed by atoms with E-state index in [9.17, 15) is 14.0 Å². The predicted molar refractivity (Wildman–Crippen MR) is 86.6 cm³/mol. The van der Waals surface area contributed by atoms with Crippen molar-refractivity contribution in [3.63, 3.8) is 0 Å². The first-order valence-corrected chi connectivity index (χ1v) is 7.61. The fourth-order valence-corrected chi connectivity index (χ4v) is 2.58. The van der Waals surface area contributed by atoms with Gasteiger partial charge in [0, 0.05) is 6.08 Å². The van der Waals surface area contributed by atoms with Crippen LogP contribution in [0.4, 0.5) is 9.18 Å². The maximum absolute atomic E-state index is 12.9.